The number of carboxylic acids is 1. The lowest BCUT2D eigenvalue weighted by Crippen LogP contribution is -2.45. The Hall–Kier alpha value is -3.17. The van der Waals surface area contributed by atoms with Crippen molar-refractivity contribution in [2.45, 2.75) is 18.6 Å². The maximum Gasteiger partial charge on any atom is 0.326 e. The zero-order valence-electron chi connectivity index (χ0n) is 14.9. The highest BCUT2D eigenvalue weighted by Gasteiger charge is 2.29. The van der Waals surface area contributed by atoms with Gasteiger partial charge in [0.1, 0.15) is 6.04 Å². The molecule has 0 radical (unpaired) electrons. The predicted octanol–water partition coefficient (Wildman–Crippen LogP) is 2.20. The number of carboxylic acid groups (broad SMARTS) is 1. The molecule has 0 aliphatic carbocycles. The number of amides is 1. The smallest absolute Gasteiger partial charge is 0.326 e. The van der Waals surface area contributed by atoms with E-state index in [0.29, 0.717) is 10.4 Å². The number of carbonyl (C=O) groups is 2. The number of aromatic amines is 1. The van der Waals surface area contributed by atoms with E-state index in [-0.39, 0.29) is 17.7 Å². The highest BCUT2D eigenvalue weighted by atomic mass is 32.1. The first-order valence-electron chi connectivity index (χ1n) is 8.36. The quantitative estimate of drug-likeness (QED) is 0.531. The highest BCUT2D eigenvalue weighted by molar-refractivity contribution is 7.13. The number of aliphatic carboxylic acids is 1. The number of hydrogen-bond acceptors (Lipinski definition) is 6. The van der Waals surface area contributed by atoms with Crippen molar-refractivity contribution >= 4 is 23.2 Å². The maximum atomic E-state index is 12.6. The zero-order valence-corrected chi connectivity index (χ0v) is 15.7. The van der Waals surface area contributed by atoms with E-state index < -0.39 is 29.6 Å². The third-order valence-electron chi connectivity index (χ3n) is 4.14. The van der Waals surface area contributed by atoms with E-state index in [1.54, 1.807) is 42.5 Å². The van der Waals surface area contributed by atoms with Crippen LogP contribution in [-0.4, -0.2) is 35.3 Å². The molecule has 0 saturated heterocycles. The molecule has 3 aromatic rings. The summed E-state index contributed by atoms with van der Waals surface area (Å²) in [6, 6.07) is 10.9. The number of benzene rings is 1. The molecule has 3 rings (SSSR count). The third kappa shape index (κ3) is 4.21. The summed E-state index contributed by atoms with van der Waals surface area (Å²) in [5.41, 5.74) is 0.214. The van der Waals surface area contributed by atoms with Crippen LogP contribution in [0.3, 0.4) is 0 Å². The fourth-order valence-electron chi connectivity index (χ4n) is 2.79. The van der Waals surface area contributed by atoms with Crippen molar-refractivity contribution in [1.29, 1.82) is 0 Å². The molecule has 2 aromatic heterocycles. The van der Waals surface area contributed by atoms with Gasteiger partial charge in [-0.25, -0.2) is 4.79 Å². The summed E-state index contributed by atoms with van der Waals surface area (Å²) in [7, 11) is 1.36. The molecule has 8 nitrogen and oxygen atoms in total. The fraction of sp³-hybridized carbons (Fsp3) is 0.211. The summed E-state index contributed by atoms with van der Waals surface area (Å²) in [6.07, 6.45) is -1.20. The normalized spacial score (nSPS) is 13.0. The SMILES string of the molecule is COC(C(=O)NC(Cc1c(-c2cccs2)o[nH]c1=O)C(=O)O)c1ccccc1. The molecule has 1 amide bonds. The van der Waals surface area contributed by atoms with Crippen LogP contribution in [-0.2, 0) is 20.7 Å². The van der Waals surface area contributed by atoms with E-state index in [2.05, 4.69) is 10.5 Å². The number of hydrogen-bond donors (Lipinski definition) is 3. The third-order valence-corrected chi connectivity index (χ3v) is 5.01. The Balaban J connectivity index is 1.82. The first kappa shape index (κ1) is 19.6. The van der Waals surface area contributed by atoms with Gasteiger partial charge >= 0.3 is 5.97 Å². The number of aromatic nitrogens is 1. The molecule has 9 heteroatoms. The molecular formula is C19H18N2O6S. The van der Waals surface area contributed by atoms with Crippen molar-refractivity contribution < 1.29 is 24.0 Å². The number of thiophene rings is 1. The topological polar surface area (TPSA) is 122 Å². The maximum absolute atomic E-state index is 12.6. The standard InChI is InChI=1S/C19H18N2O6S/c1-26-15(11-6-3-2-4-7-11)18(23)20-13(19(24)25)10-12-16(27-21-17(12)22)14-8-5-9-28-14/h2-9,13,15H,10H2,1H3,(H,20,23)(H,21,22)(H,24,25). The van der Waals surface area contributed by atoms with Crippen LogP contribution < -0.4 is 10.9 Å². The molecule has 2 heterocycles. The van der Waals surface area contributed by atoms with Crippen LogP contribution in [0.1, 0.15) is 17.2 Å². The van der Waals surface area contributed by atoms with Crippen molar-refractivity contribution in [1.82, 2.24) is 10.5 Å². The van der Waals surface area contributed by atoms with Gasteiger partial charge < -0.3 is 19.7 Å². The average Bonchev–Trinajstić information content (AvgIpc) is 3.33. The summed E-state index contributed by atoms with van der Waals surface area (Å²) in [5, 5.41) is 16.1. The molecule has 1 aromatic carbocycles. The second kappa shape index (κ2) is 8.68. The Labute approximate surface area is 163 Å². The van der Waals surface area contributed by atoms with E-state index in [9.17, 15) is 19.5 Å². The van der Waals surface area contributed by atoms with Crippen LogP contribution in [0.2, 0.25) is 0 Å². The summed E-state index contributed by atoms with van der Waals surface area (Å²) in [6.45, 7) is 0. The molecule has 0 bridgehead atoms. The Morgan fingerprint density at radius 3 is 2.61 bits per heavy atom. The van der Waals surface area contributed by atoms with Crippen LogP contribution >= 0.6 is 11.3 Å². The van der Waals surface area contributed by atoms with Crippen molar-refractivity contribution in [3.05, 3.63) is 69.3 Å². The monoisotopic (exact) mass is 402 g/mol. The molecular weight excluding hydrogens is 384 g/mol. The average molecular weight is 402 g/mol. The summed E-state index contributed by atoms with van der Waals surface area (Å²) >= 11 is 1.35. The van der Waals surface area contributed by atoms with E-state index >= 15 is 0 Å². The Morgan fingerprint density at radius 2 is 2.00 bits per heavy atom. The van der Waals surface area contributed by atoms with E-state index in [1.807, 2.05) is 5.38 Å². The van der Waals surface area contributed by atoms with Crippen molar-refractivity contribution in [2.24, 2.45) is 0 Å². The van der Waals surface area contributed by atoms with Crippen LogP contribution in [0.25, 0.3) is 10.6 Å². The van der Waals surface area contributed by atoms with E-state index in [1.165, 1.54) is 18.4 Å². The lowest BCUT2D eigenvalue weighted by Gasteiger charge is -2.19. The molecule has 3 N–H and O–H groups in total. The van der Waals surface area contributed by atoms with Gasteiger partial charge in [0.05, 0.1) is 10.4 Å². The first-order valence-corrected chi connectivity index (χ1v) is 9.24. The molecule has 0 fully saturated rings. The lowest BCUT2D eigenvalue weighted by atomic mass is 10.0. The number of carbonyl (C=O) groups excluding carboxylic acids is 1. The second-order valence-electron chi connectivity index (χ2n) is 5.95. The van der Waals surface area contributed by atoms with Gasteiger partial charge in [-0.1, -0.05) is 36.4 Å². The van der Waals surface area contributed by atoms with Gasteiger partial charge in [0.2, 0.25) is 0 Å². The number of ether oxygens (including phenoxy) is 1. The first-order chi connectivity index (χ1) is 13.5. The fourth-order valence-corrected chi connectivity index (χ4v) is 3.52. The molecule has 28 heavy (non-hydrogen) atoms. The Bertz CT molecular complexity index is 993. The van der Waals surface area contributed by atoms with Gasteiger partial charge in [0.15, 0.2) is 11.9 Å². The molecule has 146 valence electrons. The number of methoxy groups -OCH3 is 1. The van der Waals surface area contributed by atoms with Crippen LogP contribution in [0.15, 0.2) is 57.2 Å². The minimum atomic E-state index is -1.33. The van der Waals surface area contributed by atoms with Crippen molar-refractivity contribution in [2.75, 3.05) is 7.11 Å². The lowest BCUT2D eigenvalue weighted by molar-refractivity contribution is -0.144. The van der Waals surface area contributed by atoms with Crippen LogP contribution in [0.5, 0.6) is 0 Å². The Kier molecular flexibility index (Phi) is 6.07. The molecule has 0 saturated carbocycles. The summed E-state index contributed by atoms with van der Waals surface area (Å²) < 4.78 is 10.4. The van der Waals surface area contributed by atoms with Gasteiger partial charge in [-0.3, -0.25) is 9.59 Å². The minimum absolute atomic E-state index is 0.156. The molecule has 2 atom stereocenters. The summed E-state index contributed by atoms with van der Waals surface area (Å²) in [4.78, 5) is 37.1. The highest BCUT2D eigenvalue weighted by Crippen LogP contribution is 2.27. The molecule has 0 aliphatic heterocycles. The van der Waals surface area contributed by atoms with Crippen LogP contribution in [0, 0.1) is 0 Å². The second-order valence-corrected chi connectivity index (χ2v) is 6.90. The van der Waals surface area contributed by atoms with E-state index in [4.69, 9.17) is 9.26 Å². The van der Waals surface area contributed by atoms with Crippen molar-refractivity contribution in [3.8, 4) is 10.6 Å². The molecule has 0 aliphatic rings. The van der Waals surface area contributed by atoms with Gasteiger partial charge in [-0.2, -0.15) is 5.16 Å². The number of nitrogens with one attached hydrogen (secondary N) is 2. The summed E-state index contributed by atoms with van der Waals surface area (Å²) in [5.74, 6) is -1.61. The predicted molar refractivity (Wildman–Crippen MR) is 102 cm³/mol. The van der Waals surface area contributed by atoms with Crippen molar-refractivity contribution in [3.63, 3.8) is 0 Å². The molecule has 0 spiro atoms. The van der Waals surface area contributed by atoms with Gasteiger partial charge in [0.25, 0.3) is 11.5 Å². The van der Waals surface area contributed by atoms with Gasteiger partial charge in [-0.15, -0.1) is 11.3 Å². The van der Waals surface area contributed by atoms with Gasteiger partial charge in [-0.05, 0) is 17.0 Å². The number of rotatable bonds is 8. The van der Waals surface area contributed by atoms with Gasteiger partial charge in [0, 0.05) is 13.5 Å². The zero-order chi connectivity index (χ0) is 20.1. The largest absolute Gasteiger partial charge is 0.480 e. The van der Waals surface area contributed by atoms with E-state index in [0.717, 1.165) is 0 Å². The number of H-pyrrole nitrogens is 1. The minimum Gasteiger partial charge on any atom is -0.480 e. The molecule has 2 unspecified atom stereocenters. The van der Waals surface area contributed by atoms with Crippen LogP contribution in [0.4, 0.5) is 0 Å². The Morgan fingerprint density at radius 1 is 1.25 bits per heavy atom.